The molecule has 0 heterocycles. The fraction of sp³-hybridized carbons (Fsp3) is 0.588. The van der Waals surface area contributed by atoms with Gasteiger partial charge >= 0.3 is 0 Å². The lowest BCUT2D eigenvalue weighted by Crippen LogP contribution is -2.59. The summed E-state index contributed by atoms with van der Waals surface area (Å²) in [6.07, 6.45) is 7.87. The van der Waals surface area contributed by atoms with E-state index in [4.69, 9.17) is 0 Å². The van der Waals surface area contributed by atoms with E-state index >= 15 is 0 Å². The molecule has 99 valence electrons. The molecule has 0 saturated heterocycles. The Balaban J connectivity index is 1.55. The van der Waals surface area contributed by atoms with Gasteiger partial charge in [0.1, 0.15) is 0 Å². The maximum absolute atomic E-state index is 12.4. The quantitative estimate of drug-likeness (QED) is 0.863. The van der Waals surface area contributed by atoms with Crippen LogP contribution in [0.1, 0.15) is 48.9 Å². The van der Waals surface area contributed by atoms with Gasteiger partial charge in [-0.2, -0.15) is 0 Å². The Bertz CT molecular complexity index is 458. The molecule has 0 aromatic heterocycles. The van der Waals surface area contributed by atoms with Crippen LogP contribution in [0.4, 0.5) is 0 Å². The third-order valence-corrected chi connectivity index (χ3v) is 5.40. The Morgan fingerprint density at radius 2 is 1.58 bits per heavy atom. The van der Waals surface area contributed by atoms with Crippen molar-refractivity contribution in [3.63, 3.8) is 0 Å². The SMILES string of the molecule is O=C(NC12CC3CC(CC(C3)C1)C2)c1cc[c]cc1. The third kappa shape index (κ3) is 1.98. The van der Waals surface area contributed by atoms with Crippen LogP contribution in [0.2, 0.25) is 0 Å². The number of carbonyl (C=O) groups excluding carboxylic acids is 1. The average Bonchev–Trinajstić information content (AvgIpc) is 2.37. The van der Waals surface area contributed by atoms with Gasteiger partial charge in [0, 0.05) is 11.1 Å². The summed E-state index contributed by atoms with van der Waals surface area (Å²) in [6, 6.07) is 10.3. The van der Waals surface area contributed by atoms with Crippen molar-refractivity contribution in [3.8, 4) is 0 Å². The minimum atomic E-state index is 0.107. The number of benzene rings is 1. The minimum Gasteiger partial charge on any atom is -0.347 e. The lowest BCUT2D eigenvalue weighted by molar-refractivity contribution is -0.0167. The summed E-state index contributed by atoms with van der Waals surface area (Å²) in [5.74, 6) is 2.72. The van der Waals surface area contributed by atoms with Crippen molar-refractivity contribution in [1.29, 1.82) is 0 Å². The summed E-state index contributed by atoms with van der Waals surface area (Å²) in [6.45, 7) is 0. The van der Waals surface area contributed by atoms with E-state index in [0.717, 1.165) is 23.3 Å². The second-order valence-corrected chi connectivity index (χ2v) is 6.94. The topological polar surface area (TPSA) is 29.1 Å². The molecule has 0 aliphatic heterocycles. The molecule has 4 aliphatic rings. The molecule has 4 saturated carbocycles. The Hall–Kier alpha value is -1.31. The van der Waals surface area contributed by atoms with Crippen LogP contribution in [0.3, 0.4) is 0 Å². The molecule has 19 heavy (non-hydrogen) atoms. The summed E-state index contributed by atoms with van der Waals surface area (Å²) < 4.78 is 0. The van der Waals surface area contributed by atoms with Crippen molar-refractivity contribution in [3.05, 3.63) is 35.9 Å². The van der Waals surface area contributed by atoms with E-state index in [1.165, 1.54) is 38.5 Å². The number of rotatable bonds is 2. The number of nitrogens with one attached hydrogen (secondary N) is 1. The summed E-state index contributed by atoms with van der Waals surface area (Å²) >= 11 is 0. The van der Waals surface area contributed by atoms with Crippen LogP contribution in [0.25, 0.3) is 0 Å². The van der Waals surface area contributed by atoms with E-state index in [0.29, 0.717) is 0 Å². The van der Waals surface area contributed by atoms with E-state index in [9.17, 15) is 4.79 Å². The Kier molecular flexibility index (Phi) is 2.48. The van der Waals surface area contributed by atoms with E-state index in [2.05, 4.69) is 11.4 Å². The lowest BCUT2D eigenvalue weighted by atomic mass is 9.53. The predicted octanol–water partition coefficient (Wildman–Crippen LogP) is 3.19. The number of hydrogen-bond acceptors (Lipinski definition) is 1. The van der Waals surface area contributed by atoms with Crippen molar-refractivity contribution in [2.45, 2.75) is 44.1 Å². The zero-order valence-electron chi connectivity index (χ0n) is 11.2. The van der Waals surface area contributed by atoms with Gasteiger partial charge in [-0.05, 0) is 74.5 Å². The van der Waals surface area contributed by atoms with Crippen molar-refractivity contribution < 1.29 is 4.79 Å². The van der Waals surface area contributed by atoms with Gasteiger partial charge < -0.3 is 5.32 Å². The largest absolute Gasteiger partial charge is 0.347 e. The molecule has 1 N–H and O–H groups in total. The van der Waals surface area contributed by atoms with E-state index in [1.807, 2.05) is 24.3 Å². The fourth-order valence-electron chi connectivity index (χ4n) is 5.12. The Labute approximate surface area is 114 Å². The van der Waals surface area contributed by atoms with Crippen LogP contribution in [-0.4, -0.2) is 11.4 Å². The zero-order valence-corrected chi connectivity index (χ0v) is 11.2. The van der Waals surface area contributed by atoms with Gasteiger partial charge in [0.2, 0.25) is 0 Å². The van der Waals surface area contributed by atoms with Crippen molar-refractivity contribution >= 4 is 5.91 Å². The van der Waals surface area contributed by atoms with Gasteiger partial charge in [0.15, 0.2) is 0 Å². The molecule has 2 heteroatoms. The van der Waals surface area contributed by atoms with Gasteiger partial charge in [-0.1, -0.05) is 12.1 Å². The highest BCUT2D eigenvalue weighted by molar-refractivity contribution is 5.94. The second-order valence-electron chi connectivity index (χ2n) is 6.94. The first kappa shape index (κ1) is 11.5. The summed E-state index contributed by atoms with van der Waals surface area (Å²) in [5.41, 5.74) is 0.889. The minimum absolute atomic E-state index is 0.107. The van der Waals surface area contributed by atoms with Crippen LogP contribution in [-0.2, 0) is 0 Å². The molecular weight excluding hydrogens is 234 g/mol. The average molecular weight is 254 g/mol. The van der Waals surface area contributed by atoms with Gasteiger partial charge in [0.25, 0.3) is 5.91 Å². The van der Waals surface area contributed by atoms with Crippen LogP contribution in [0.15, 0.2) is 24.3 Å². The van der Waals surface area contributed by atoms with Crippen LogP contribution in [0.5, 0.6) is 0 Å². The Morgan fingerprint density at radius 3 is 2.11 bits per heavy atom. The number of amides is 1. The molecule has 0 atom stereocenters. The van der Waals surface area contributed by atoms with Crippen molar-refractivity contribution in [1.82, 2.24) is 5.32 Å². The molecule has 4 fully saturated rings. The maximum atomic E-state index is 12.4. The van der Waals surface area contributed by atoms with E-state index in [1.54, 1.807) is 0 Å². The molecule has 5 rings (SSSR count). The zero-order chi connectivity index (χ0) is 12.9. The van der Waals surface area contributed by atoms with Gasteiger partial charge in [0.05, 0.1) is 0 Å². The molecule has 4 aliphatic carbocycles. The second kappa shape index (κ2) is 4.09. The predicted molar refractivity (Wildman–Crippen MR) is 73.6 cm³/mol. The first-order valence-corrected chi connectivity index (χ1v) is 7.51. The monoisotopic (exact) mass is 254 g/mol. The van der Waals surface area contributed by atoms with Gasteiger partial charge in [-0.25, -0.2) is 0 Å². The van der Waals surface area contributed by atoms with Crippen molar-refractivity contribution in [2.75, 3.05) is 0 Å². The first-order chi connectivity index (χ1) is 9.22. The molecule has 2 nitrogen and oxygen atoms in total. The van der Waals surface area contributed by atoms with Crippen LogP contribution in [0, 0.1) is 23.8 Å². The molecular formula is C17H20NO. The van der Waals surface area contributed by atoms with E-state index in [-0.39, 0.29) is 11.4 Å². The molecule has 0 spiro atoms. The molecule has 0 unspecified atom stereocenters. The highest BCUT2D eigenvalue weighted by Gasteiger charge is 2.51. The molecule has 1 radical (unpaired) electrons. The normalized spacial score (nSPS) is 39.3. The Morgan fingerprint density at radius 1 is 1.05 bits per heavy atom. The fourth-order valence-corrected chi connectivity index (χ4v) is 5.12. The maximum Gasteiger partial charge on any atom is 0.251 e. The lowest BCUT2D eigenvalue weighted by Gasteiger charge is -2.56. The smallest absolute Gasteiger partial charge is 0.251 e. The number of carbonyl (C=O) groups is 1. The highest BCUT2D eigenvalue weighted by Crippen LogP contribution is 2.55. The van der Waals surface area contributed by atoms with Crippen molar-refractivity contribution in [2.24, 2.45) is 17.8 Å². The summed E-state index contributed by atoms with van der Waals surface area (Å²) in [4.78, 5) is 12.4. The van der Waals surface area contributed by atoms with Gasteiger partial charge in [-0.3, -0.25) is 4.79 Å². The molecule has 1 aromatic carbocycles. The standard InChI is InChI=1S/C17H20NO/c19-16(15-4-2-1-3-5-15)18-17-9-12-6-13(10-17)8-14(7-12)11-17/h2-5,12-14H,6-11H2,(H,18,19). The molecule has 4 bridgehead atoms. The molecule has 1 aromatic rings. The van der Waals surface area contributed by atoms with Gasteiger partial charge in [-0.15, -0.1) is 0 Å². The highest BCUT2D eigenvalue weighted by atomic mass is 16.1. The van der Waals surface area contributed by atoms with E-state index < -0.39 is 0 Å². The summed E-state index contributed by atoms with van der Waals surface area (Å²) in [7, 11) is 0. The molecule has 1 amide bonds. The summed E-state index contributed by atoms with van der Waals surface area (Å²) in [5, 5.41) is 3.39. The van der Waals surface area contributed by atoms with Crippen LogP contribution < -0.4 is 5.32 Å². The number of hydrogen-bond donors (Lipinski definition) is 1. The van der Waals surface area contributed by atoms with Crippen LogP contribution >= 0.6 is 0 Å². The third-order valence-electron chi connectivity index (χ3n) is 5.40. The first-order valence-electron chi connectivity index (χ1n) is 7.51.